The van der Waals surface area contributed by atoms with Crippen molar-refractivity contribution < 1.29 is 0 Å². The molecule has 0 bridgehead atoms. The molecule has 0 aliphatic carbocycles. The average molecular weight is 255 g/mol. The van der Waals surface area contributed by atoms with Crippen LogP contribution in [0.15, 0.2) is 5.51 Å². The highest BCUT2D eigenvalue weighted by atomic mass is 32.1. The highest BCUT2D eigenvalue weighted by Gasteiger charge is 2.26. The summed E-state index contributed by atoms with van der Waals surface area (Å²) in [5.74, 6) is 0. The predicted octanol–water partition coefficient (Wildman–Crippen LogP) is 2.65. The second kappa shape index (κ2) is 6.47. The fraction of sp³-hybridized carbons (Fsp3) is 0.769. The molecular weight excluding hydrogens is 230 g/mol. The van der Waals surface area contributed by atoms with Crippen LogP contribution in [0.5, 0.6) is 0 Å². The first kappa shape index (κ1) is 14.6. The van der Waals surface area contributed by atoms with Crippen LogP contribution in [0.3, 0.4) is 0 Å². The molecule has 2 N–H and O–H groups in total. The van der Waals surface area contributed by atoms with Crippen molar-refractivity contribution in [3.63, 3.8) is 0 Å². The molecule has 0 aliphatic rings. The molecule has 0 aliphatic heterocycles. The van der Waals surface area contributed by atoms with Gasteiger partial charge in [-0.3, -0.25) is 0 Å². The number of aromatic nitrogens is 1. The molecular formula is C13H25N3S. The van der Waals surface area contributed by atoms with Gasteiger partial charge in [-0.05, 0) is 38.8 Å². The van der Waals surface area contributed by atoms with Crippen LogP contribution < -0.4 is 5.73 Å². The van der Waals surface area contributed by atoms with Crippen molar-refractivity contribution in [2.45, 2.75) is 40.2 Å². The van der Waals surface area contributed by atoms with Gasteiger partial charge >= 0.3 is 0 Å². The maximum atomic E-state index is 5.94. The summed E-state index contributed by atoms with van der Waals surface area (Å²) in [7, 11) is 2.18. The van der Waals surface area contributed by atoms with Crippen molar-refractivity contribution in [3.05, 3.63) is 16.1 Å². The molecule has 0 radical (unpaired) electrons. The summed E-state index contributed by atoms with van der Waals surface area (Å²) < 4.78 is 0. The first-order valence-corrected chi connectivity index (χ1v) is 7.22. The summed E-state index contributed by atoms with van der Waals surface area (Å²) in [6.45, 7) is 9.37. The predicted molar refractivity (Wildman–Crippen MR) is 75.3 cm³/mol. The minimum absolute atomic E-state index is 0.271. The molecule has 0 fully saturated rings. The van der Waals surface area contributed by atoms with Crippen molar-refractivity contribution in [2.24, 2.45) is 11.1 Å². The van der Waals surface area contributed by atoms with E-state index in [1.807, 2.05) is 5.51 Å². The van der Waals surface area contributed by atoms with Gasteiger partial charge in [0.1, 0.15) is 0 Å². The number of hydrogen-bond acceptors (Lipinski definition) is 4. The Labute approximate surface area is 109 Å². The molecule has 0 saturated carbocycles. The molecule has 1 heterocycles. The first-order chi connectivity index (χ1) is 8.06. The van der Waals surface area contributed by atoms with Crippen LogP contribution in [0.4, 0.5) is 0 Å². The molecule has 0 spiro atoms. The van der Waals surface area contributed by atoms with Crippen LogP contribution in [0.25, 0.3) is 0 Å². The summed E-state index contributed by atoms with van der Waals surface area (Å²) in [6.07, 6.45) is 2.29. The molecule has 1 aromatic heterocycles. The van der Waals surface area contributed by atoms with E-state index in [4.69, 9.17) is 5.73 Å². The molecule has 4 heteroatoms. The van der Waals surface area contributed by atoms with Gasteiger partial charge in [-0.1, -0.05) is 13.8 Å². The largest absolute Gasteiger partial charge is 0.330 e. The summed E-state index contributed by atoms with van der Waals surface area (Å²) in [5.41, 5.74) is 9.30. The standard InChI is InChI=1S/C13H25N3S/c1-5-13(6-2,8-14)9-16(4)7-12-11(3)15-10-17-12/h10H,5-9,14H2,1-4H3. The molecule has 0 atom stereocenters. The lowest BCUT2D eigenvalue weighted by molar-refractivity contribution is 0.163. The van der Waals surface area contributed by atoms with Crippen LogP contribution in [-0.4, -0.2) is 30.0 Å². The van der Waals surface area contributed by atoms with Crippen molar-refractivity contribution in [1.29, 1.82) is 0 Å². The monoisotopic (exact) mass is 255 g/mol. The molecule has 0 saturated heterocycles. The molecule has 0 aromatic carbocycles. The normalized spacial score (nSPS) is 12.4. The fourth-order valence-corrected chi connectivity index (χ4v) is 3.03. The molecule has 0 unspecified atom stereocenters. The van der Waals surface area contributed by atoms with Crippen LogP contribution in [-0.2, 0) is 6.54 Å². The van der Waals surface area contributed by atoms with Gasteiger partial charge in [-0.25, -0.2) is 4.98 Å². The minimum atomic E-state index is 0.271. The first-order valence-electron chi connectivity index (χ1n) is 6.34. The average Bonchev–Trinajstić information content (AvgIpc) is 2.72. The van der Waals surface area contributed by atoms with Gasteiger partial charge in [-0.15, -0.1) is 11.3 Å². The van der Waals surface area contributed by atoms with Gasteiger partial charge in [0.2, 0.25) is 0 Å². The maximum Gasteiger partial charge on any atom is 0.0798 e. The Kier molecular flexibility index (Phi) is 5.56. The number of aryl methyl sites for hydroxylation is 1. The maximum absolute atomic E-state index is 5.94. The summed E-state index contributed by atoms with van der Waals surface area (Å²) in [6, 6.07) is 0. The third-order valence-corrected chi connectivity index (χ3v) is 4.72. The lowest BCUT2D eigenvalue weighted by Gasteiger charge is -2.34. The van der Waals surface area contributed by atoms with E-state index in [-0.39, 0.29) is 5.41 Å². The molecule has 0 amide bonds. The van der Waals surface area contributed by atoms with Gasteiger partial charge in [0.15, 0.2) is 0 Å². The van der Waals surface area contributed by atoms with Gasteiger partial charge in [0.25, 0.3) is 0 Å². The third kappa shape index (κ3) is 3.76. The Morgan fingerprint density at radius 1 is 1.41 bits per heavy atom. The number of nitrogens with two attached hydrogens (primary N) is 1. The zero-order valence-corrected chi connectivity index (χ0v) is 12.3. The second-order valence-electron chi connectivity index (χ2n) is 4.94. The molecule has 1 aromatic rings. The van der Waals surface area contributed by atoms with E-state index in [2.05, 4.69) is 37.7 Å². The Morgan fingerprint density at radius 2 is 2.06 bits per heavy atom. The number of rotatable bonds is 7. The van der Waals surface area contributed by atoms with Gasteiger partial charge < -0.3 is 10.6 Å². The zero-order chi connectivity index (χ0) is 12.9. The van der Waals surface area contributed by atoms with E-state index in [1.165, 1.54) is 4.88 Å². The SMILES string of the molecule is CCC(CC)(CN)CN(C)Cc1scnc1C. The highest BCUT2D eigenvalue weighted by molar-refractivity contribution is 7.09. The van der Waals surface area contributed by atoms with E-state index >= 15 is 0 Å². The Bertz CT molecular complexity index is 323. The van der Waals surface area contributed by atoms with E-state index in [0.717, 1.165) is 38.2 Å². The van der Waals surface area contributed by atoms with E-state index in [1.54, 1.807) is 11.3 Å². The van der Waals surface area contributed by atoms with E-state index in [0.29, 0.717) is 0 Å². The fourth-order valence-electron chi connectivity index (χ4n) is 2.18. The van der Waals surface area contributed by atoms with Crippen molar-refractivity contribution in [3.8, 4) is 0 Å². The molecule has 17 heavy (non-hydrogen) atoms. The summed E-state index contributed by atoms with van der Waals surface area (Å²) in [4.78, 5) is 8.04. The number of hydrogen-bond donors (Lipinski definition) is 1. The van der Waals surface area contributed by atoms with Crippen molar-refractivity contribution in [2.75, 3.05) is 20.1 Å². The summed E-state index contributed by atoms with van der Waals surface area (Å²) in [5, 5.41) is 0. The van der Waals surface area contributed by atoms with Gasteiger partial charge in [0, 0.05) is 18.0 Å². The van der Waals surface area contributed by atoms with Crippen LogP contribution in [0, 0.1) is 12.3 Å². The van der Waals surface area contributed by atoms with Crippen LogP contribution >= 0.6 is 11.3 Å². The number of nitrogens with zero attached hydrogens (tertiary/aromatic N) is 2. The lowest BCUT2D eigenvalue weighted by Crippen LogP contribution is -2.40. The topological polar surface area (TPSA) is 42.1 Å². The van der Waals surface area contributed by atoms with Crippen LogP contribution in [0.2, 0.25) is 0 Å². The van der Waals surface area contributed by atoms with Crippen molar-refractivity contribution >= 4 is 11.3 Å². The molecule has 98 valence electrons. The Hall–Kier alpha value is -0.450. The third-order valence-electron chi connectivity index (χ3n) is 3.80. The van der Waals surface area contributed by atoms with E-state index in [9.17, 15) is 0 Å². The second-order valence-corrected chi connectivity index (χ2v) is 5.88. The van der Waals surface area contributed by atoms with Crippen LogP contribution in [0.1, 0.15) is 37.3 Å². The smallest absolute Gasteiger partial charge is 0.0798 e. The Morgan fingerprint density at radius 3 is 2.47 bits per heavy atom. The molecule has 1 rings (SSSR count). The lowest BCUT2D eigenvalue weighted by atomic mass is 9.82. The molecule has 3 nitrogen and oxygen atoms in total. The van der Waals surface area contributed by atoms with Gasteiger partial charge in [-0.2, -0.15) is 0 Å². The minimum Gasteiger partial charge on any atom is -0.330 e. The highest BCUT2D eigenvalue weighted by Crippen LogP contribution is 2.26. The Balaban J connectivity index is 2.59. The number of thiazole rings is 1. The zero-order valence-electron chi connectivity index (χ0n) is 11.5. The summed E-state index contributed by atoms with van der Waals surface area (Å²) >= 11 is 1.74. The quantitative estimate of drug-likeness (QED) is 0.814. The van der Waals surface area contributed by atoms with Crippen molar-refractivity contribution in [1.82, 2.24) is 9.88 Å². The van der Waals surface area contributed by atoms with Gasteiger partial charge in [0.05, 0.1) is 11.2 Å². The van der Waals surface area contributed by atoms with E-state index < -0.39 is 0 Å².